The molecular formula is C15H18ClNO5S2. The fraction of sp³-hybridized carbons (Fsp3) is 0.533. The molecule has 0 aliphatic carbocycles. The molecule has 1 amide bonds. The van der Waals surface area contributed by atoms with Crippen molar-refractivity contribution in [2.75, 3.05) is 18.3 Å². The van der Waals surface area contributed by atoms with Crippen molar-refractivity contribution in [2.24, 2.45) is 0 Å². The SMILES string of the molecule is CC(SCc1cc(Cl)c2c(c1)OCO2)C(=O)NC1CCS(=O)(=O)C1. The predicted octanol–water partition coefficient (Wildman–Crippen LogP) is 1.99. The summed E-state index contributed by atoms with van der Waals surface area (Å²) in [4.78, 5) is 12.2. The molecule has 2 atom stereocenters. The average Bonchev–Trinajstić information content (AvgIpc) is 3.11. The Bertz CT molecular complexity index is 752. The monoisotopic (exact) mass is 391 g/mol. The molecule has 1 N–H and O–H groups in total. The van der Waals surface area contributed by atoms with Gasteiger partial charge in [0.05, 0.1) is 21.8 Å². The minimum absolute atomic E-state index is 0.0356. The number of hydrogen-bond acceptors (Lipinski definition) is 6. The van der Waals surface area contributed by atoms with Crippen molar-refractivity contribution < 1.29 is 22.7 Å². The van der Waals surface area contributed by atoms with Gasteiger partial charge >= 0.3 is 0 Å². The summed E-state index contributed by atoms with van der Waals surface area (Å²) in [7, 11) is -2.99. The second-order valence-corrected chi connectivity index (χ2v) is 9.84. The first-order chi connectivity index (χ1) is 11.3. The highest BCUT2D eigenvalue weighted by atomic mass is 35.5. The van der Waals surface area contributed by atoms with Gasteiger partial charge in [0.2, 0.25) is 12.7 Å². The van der Waals surface area contributed by atoms with E-state index in [1.807, 2.05) is 6.07 Å². The number of hydrogen-bond donors (Lipinski definition) is 1. The number of carbonyl (C=O) groups is 1. The maximum Gasteiger partial charge on any atom is 0.233 e. The number of thioether (sulfide) groups is 1. The van der Waals surface area contributed by atoms with E-state index in [-0.39, 0.29) is 35.5 Å². The molecule has 0 aromatic heterocycles. The Morgan fingerprint density at radius 1 is 1.46 bits per heavy atom. The molecule has 0 spiro atoms. The number of amides is 1. The quantitative estimate of drug-likeness (QED) is 0.826. The van der Waals surface area contributed by atoms with Crippen LogP contribution in [0.3, 0.4) is 0 Å². The molecule has 24 heavy (non-hydrogen) atoms. The third kappa shape index (κ3) is 4.10. The van der Waals surface area contributed by atoms with E-state index in [9.17, 15) is 13.2 Å². The Hall–Kier alpha value is -1.12. The van der Waals surface area contributed by atoms with Crippen molar-refractivity contribution in [3.05, 3.63) is 22.7 Å². The van der Waals surface area contributed by atoms with E-state index in [2.05, 4.69) is 5.32 Å². The number of fused-ring (bicyclic) bond motifs is 1. The summed E-state index contributed by atoms with van der Waals surface area (Å²) in [5.41, 5.74) is 0.942. The minimum Gasteiger partial charge on any atom is -0.454 e. The molecule has 3 rings (SSSR count). The largest absolute Gasteiger partial charge is 0.454 e. The van der Waals surface area contributed by atoms with Crippen molar-refractivity contribution in [2.45, 2.75) is 30.4 Å². The van der Waals surface area contributed by atoms with Crippen LogP contribution in [0.5, 0.6) is 11.5 Å². The van der Waals surface area contributed by atoms with Gasteiger partial charge in [-0.15, -0.1) is 11.8 Å². The Morgan fingerprint density at radius 2 is 2.25 bits per heavy atom. The van der Waals surface area contributed by atoms with Crippen LogP contribution < -0.4 is 14.8 Å². The molecule has 1 saturated heterocycles. The lowest BCUT2D eigenvalue weighted by Gasteiger charge is -2.16. The highest BCUT2D eigenvalue weighted by molar-refractivity contribution is 7.99. The summed E-state index contributed by atoms with van der Waals surface area (Å²) in [5.74, 6) is 1.80. The molecule has 9 heteroatoms. The predicted molar refractivity (Wildman–Crippen MR) is 93.5 cm³/mol. The number of ether oxygens (including phenoxy) is 2. The van der Waals surface area contributed by atoms with Gasteiger partial charge in [-0.3, -0.25) is 4.79 Å². The molecule has 0 radical (unpaired) electrons. The molecule has 1 aromatic rings. The molecule has 2 unspecified atom stereocenters. The van der Waals surface area contributed by atoms with Crippen molar-refractivity contribution in [1.82, 2.24) is 5.32 Å². The molecule has 132 valence electrons. The molecule has 1 aromatic carbocycles. The molecule has 6 nitrogen and oxygen atoms in total. The zero-order valence-electron chi connectivity index (χ0n) is 13.1. The topological polar surface area (TPSA) is 81.7 Å². The molecule has 0 bridgehead atoms. The van der Waals surface area contributed by atoms with Crippen molar-refractivity contribution in [1.29, 1.82) is 0 Å². The highest BCUT2D eigenvalue weighted by Crippen LogP contribution is 2.40. The van der Waals surface area contributed by atoms with Gasteiger partial charge in [-0.2, -0.15) is 0 Å². The maximum atomic E-state index is 12.2. The molecule has 2 heterocycles. The number of nitrogens with one attached hydrogen (secondary N) is 1. The molecule has 1 fully saturated rings. The molecular weight excluding hydrogens is 374 g/mol. The first-order valence-electron chi connectivity index (χ1n) is 7.54. The van der Waals surface area contributed by atoms with Crippen molar-refractivity contribution in [3.8, 4) is 11.5 Å². The van der Waals surface area contributed by atoms with Gasteiger partial charge in [0.15, 0.2) is 21.3 Å². The Morgan fingerprint density at radius 3 is 2.96 bits per heavy atom. The van der Waals surface area contributed by atoms with E-state index in [1.54, 1.807) is 13.0 Å². The molecule has 0 saturated carbocycles. The van der Waals surface area contributed by atoms with Gasteiger partial charge in [-0.25, -0.2) is 8.42 Å². The van der Waals surface area contributed by atoms with E-state index in [4.69, 9.17) is 21.1 Å². The van der Waals surface area contributed by atoms with E-state index >= 15 is 0 Å². The van der Waals surface area contributed by atoms with Gasteiger partial charge in [-0.05, 0) is 31.0 Å². The van der Waals surface area contributed by atoms with Crippen LogP contribution in [0.15, 0.2) is 12.1 Å². The van der Waals surface area contributed by atoms with Gasteiger partial charge in [-0.1, -0.05) is 11.6 Å². The standard InChI is InChI=1S/C15H18ClNO5S2/c1-9(15(18)17-11-2-3-24(19,20)7-11)23-6-10-4-12(16)14-13(5-10)21-8-22-14/h4-5,9,11H,2-3,6-8H2,1H3,(H,17,18). The zero-order chi connectivity index (χ0) is 17.3. The van der Waals surface area contributed by atoms with Crippen LogP contribution in [-0.4, -0.2) is 43.9 Å². The van der Waals surface area contributed by atoms with Crippen molar-refractivity contribution >= 4 is 39.1 Å². The van der Waals surface area contributed by atoms with Crippen LogP contribution in [0, 0.1) is 0 Å². The normalized spacial score (nSPS) is 22.3. The van der Waals surface area contributed by atoms with Gasteiger partial charge < -0.3 is 14.8 Å². The van der Waals surface area contributed by atoms with Crippen LogP contribution in [0.4, 0.5) is 0 Å². The van der Waals surface area contributed by atoms with Gasteiger partial charge in [0, 0.05) is 11.8 Å². The number of benzene rings is 1. The third-order valence-electron chi connectivity index (χ3n) is 3.94. The lowest BCUT2D eigenvalue weighted by Crippen LogP contribution is -2.40. The second kappa shape index (κ2) is 7.01. The summed E-state index contributed by atoms with van der Waals surface area (Å²) in [6, 6.07) is 3.39. The number of sulfone groups is 1. The van der Waals surface area contributed by atoms with Crippen LogP contribution in [0.1, 0.15) is 18.9 Å². The Labute approximate surface area is 150 Å². The van der Waals surface area contributed by atoms with E-state index in [1.165, 1.54) is 11.8 Å². The Balaban J connectivity index is 1.53. The first-order valence-corrected chi connectivity index (χ1v) is 10.8. The lowest BCUT2D eigenvalue weighted by atomic mass is 10.2. The third-order valence-corrected chi connectivity index (χ3v) is 7.20. The summed E-state index contributed by atoms with van der Waals surface area (Å²) in [6.45, 7) is 1.97. The minimum atomic E-state index is -2.99. The van der Waals surface area contributed by atoms with E-state index in [0.29, 0.717) is 28.7 Å². The lowest BCUT2D eigenvalue weighted by molar-refractivity contribution is -0.120. The zero-order valence-corrected chi connectivity index (χ0v) is 15.5. The molecule has 2 aliphatic rings. The van der Waals surface area contributed by atoms with Crippen molar-refractivity contribution in [3.63, 3.8) is 0 Å². The number of halogens is 1. The summed E-state index contributed by atoms with van der Waals surface area (Å²) < 4.78 is 33.5. The van der Waals surface area contributed by atoms with Crippen LogP contribution in [0.25, 0.3) is 0 Å². The van der Waals surface area contributed by atoms with Gasteiger partial charge in [0.1, 0.15) is 0 Å². The maximum absolute atomic E-state index is 12.2. The first kappa shape index (κ1) is 17.7. The van der Waals surface area contributed by atoms with E-state index < -0.39 is 9.84 Å². The number of carbonyl (C=O) groups excluding carboxylic acids is 1. The summed E-state index contributed by atoms with van der Waals surface area (Å²) >= 11 is 7.60. The Kier molecular flexibility index (Phi) is 5.17. The smallest absolute Gasteiger partial charge is 0.233 e. The number of rotatable bonds is 5. The van der Waals surface area contributed by atoms with Crippen LogP contribution in [0.2, 0.25) is 5.02 Å². The summed E-state index contributed by atoms with van der Waals surface area (Å²) in [5, 5.41) is 3.01. The summed E-state index contributed by atoms with van der Waals surface area (Å²) in [6.07, 6.45) is 0.489. The fourth-order valence-corrected chi connectivity index (χ4v) is 5.42. The second-order valence-electron chi connectivity index (χ2n) is 5.87. The van der Waals surface area contributed by atoms with Crippen LogP contribution >= 0.6 is 23.4 Å². The molecule has 2 aliphatic heterocycles. The van der Waals surface area contributed by atoms with Crippen LogP contribution in [-0.2, 0) is 20.4 Å². The fourth-order valence-electron chi connectivity index (χ4n) is 2.63. The van der Waals surface area contributed by atoms with Gasteiger partial charge in [0.25, 0.3) is 0 Å². The van der Waals surface area contributed by atoms with E-state index in [0.717, 1.165) is 5.56 Å². The highest BCUT2D eigenvalue weighted by Gasteiger charge is 2.30. The average molecular weight is 392 g/mol.